The summed E-state index contributed by atoms with van der Waals surface area (Å²) in [7, 11) is 1.53. The van der Waals surface area contributed by atoms with Crippen LogP contribution in [-0.4, -0.2) is 71.0 Å². The Balaban J connectivity index is 0.000000515. The number of carboxylic acids is 1. The Labute approximate surface area is 259 Å². The maximum Gasteiger partial charge on any atom is 0.490 e. The molecule has 242 valence electrons. The zero-order valence-electron chi connectivity index (χ0n) is 25.0. The molecule has 6 rings (SSSR count). The third-order valence-electron chi connectivity index (χ3n) is 8.18. The highest BCUT2D eigenvalue weighted by molar-refractivity contribution is 5.73. The number of aromatic nitrogens is 2. The number of benzene rings is 2. The van der Waals surface area contributed by atoms with Crippen LogP contribution in [0.2, 0.25) is 0 Å². The van der Waals surface area contributed by atoms with Gasteiger partial charge in [0, 0.05) is 64.1 Å². The van der Waals surface area contributed by atoms with Crippen LogP contribution in [0.4, 0.5) is 29.2 Å². The minimum absolute atomic E-state index is 0.0330. The number of methoxy groups -OCH3 is 1. The van der Waals surface area contributed by atoms with E-state index < -0.39 is 12.1 Å². The minimum Gasteiger partial charge on any atom is -0.497 e. The first kappa shape index (κ1) is 32.3. The molecular weight excluding hydrogens is 594 g/mol. The number of halogens is 4. The van der Waals surface area contributed by atoms with Crippen molar-refractivity contribution in [3.05, 3.63) is 71.3 Å². The van der Waals surface area contributed by atoms with Crippen molar-refractivity contribution in [2.24, 2.45) is 0 Å². The molecule has 0 spiro atoms. The van der Waals surface area contributed by atoms with E-state index in [-0.39, 0.29) is 17.7 Å². The molecule has 3 aromatic rings. The topological polar surface area (TPSA) is 100 Å². The summed E-state index contributed by atoms with van der Waals surface area (Å²) in [6, 6.07) is 15.9. The van der Waals surface area contributed by atoms with E-state index in [0.29, 0.717) is 11.8 Å². The van der Waals surface area contributed by atoms with Crippen molar-refractivity contribution in [2.75, 3.05) is 37.0 Å². The largest absolute Gasteiger partial charge is 0.497 e. The van der Waals surface area contributed by atoms with Crippen LogP contribution in [0.3, 0.4) is 0 Å². The molecule has 0 bridgehead atoms. The summed E-state index contributed by atoms with van der Waals surface area (Å²) in [5, 5.41) is 10.8. The fraction of sp³-hybridized carbons (Fsp3) is 0.469. The Morgan fingerprint density at radius 2 is 1.73 bits per heavy atom. The molecule has 0 amide bonds. The lowest BCUT2D eigenvalue weighted by Crippen LogP contribution is -2.40. The van der Waals surface area contributed by atoms with Crippen LogP contribution in [0.15, 0.2) is 48.5 Å². The lowest BCUT2D eigenvalue weighted by Gasteiger charge is -2.36. The molecule has 0 atom stereocenters. The molecule has 1 saturated carbocycles. The Bertz CT molecular complexity index is 1450. The number of carbonyl (C=O) groups is 1. The van der Waals surface area contributed by atoms with E-state index >= 15 is 0 Å². The third kappa shape index (κ3) is 8.53. The molecule has 1 saturated heterocycles. The van der Waals surface area contributed by atoms with Crippen LogP contribution >= 0.6 is 0 Å². The Morgan fingerprint density at radius 3 is 2.33 bits per heavy atom. The first-order valence-electron chi connectivity index (χ1n) is 15.1. The summed E-state index contributed by atoms with van der Waals surface area (Å²) >= 11 is 0. The van der Waals surface area contributed by atoms with Crippen molar-refractivity contribution in [2.45, 2.75) is 69.9 Å². The van der Waals surface area contributed by atoms with Crippen molar-refractivity contribution in [1.29, 1.82) is 0 Å². The quantitative estimate of drug-likeness (QED) is 0.298. The van der Waals surface area contributed by atoms with Gasteiger partial charge >= 0.3 is 12.1 Å². The van der Waals surface area contributed by atoms with Gasteiger partial charge in [0.2, 0.25) is 0 Å². The molecule has 1 aliphatic carbocycles. The zero-order valence-corrected chi connectivity index (χ0v) is 25.0. The number of rotatable bonds is 8. The summed E-state index contributed by atoms with van der Waals surface area (Å²) in [4.78, 5) is 24.0. The molecule has 0 radical (unpaired) electrons. The van der Waals surface area contributed by atoms with E-state index in [0.717, 1.165) is 75.0 Å². The van der Waals surface area contributed by atoms with E-state index in [1.165, 1.54) is 38.0 Å². The lowest BCUT2D eigenvalue weighted by atomic mass is 9.93. The van der Waals surface area contributed by atoms with Gasteiger partial charge < -0.3 is 24.8 Å². The summed E-state index contributed by atoms with van der Waals surface area (Å²) in [6.45, 7) is 4.33. The van der Waals surface area contributed by atoms with Crippen LogP contribution in [0.5, 0.6) is 11.5 Å². The third-order valence-corrected chi connectivity index (χ3v) is 8.18. The second-order valence-electron chi connectivity index (χ2n) is 11.4. The van der Waals surface area contributed by atoms with E-state index in [1.807, 2.05) is 0 Å². The van der Waals surface area contributed by atoms with E-state index in [2.05, 4.69) is 45.4 Å². The molecule has 13 heteroatoms. The number of carboxylic acid groups (broad SMARTS) is 1. The molecule has 0 unspecified atom stereocenters. The summed E-state index contributed by atoms with van der Waals surface area (Å²) in [6.07, 6.45) is 1.02. The van der Waals surface area contributed by atoms with E-state index in [1.54, 1.807) is 12.1 Å². The number of anilines is 2. The van der Waals surface area contributed by atoms with Crippen molar-refractivity contribution in [3.63, 3.8) is 0 Å². The lowest BCUT2D eigenvalue weighted by molar-refractivity contribution is -0.192. The van der Waals surface area contributed by atoms with Gasteiger partial charge in [-0.3, -0.25) is 4.90 Å². The predicted octanol–water partition coefficient (Wildman–Crippen LogP) is 5.83. The van der Waals surface area contributed by atoms with Gasteiger partial charge in [0.1, 0.15) is 11.9 Å². The number of hydrogen-bond acceptors (Lipinski definition) is 8. The van der Waals surface area contributed by atoms with Gasteiger partial charge in [0.25, 0.3) is 0 Å². The first-order chi connectivity index (χ1) is 21.6. The predicted molar refractivity (Wildman–Crippen MR) is 160 cm³/mol. The smallest absolute Gasteiger partial charge is 0.490 e. The Morgan fingerprint density at radius 1 is 1.02 bits per heavy atom. The molecule has 9 nitrogen and oxygen atoms in total. The molecule has 3 heterocycles. The van der Waals surface area contributed by atoms with Crippen molar-refractivity contribution in [1.82, 2.24) is 14.9 Å². The van der Waals surface area contributed by atoms with Gasteiger partial charge in [-0.2, -0.15) is 13.2 Å². The van der Waals surface area contributed by atoms with Crippen LogP contribution in [0.1, 0.15) is 49.1 Å². The van der Waals surface area contributed by atoms with Gasteiger partial charge in [0.15, 0.2) is 23.2 Å². The number of piperidine rings is 1. The molecule has 2 N–H and O–H groups in total. The molecule has 2 aromatic carbocycles. The van der Waals surface area contributed by atoms with Crippen molar-refractivity contribution < 1.29 is 36.9 Å². The highest BCUT2D eigenvalue weighted by atomic mass is 19.4. The maximum absolute atomic E-state index is 14.4. The molecule has 3 aliphatic rings. The fourth-order valence-electron chi connectivity index (χ4n) is 5.49. The maximum atomic E-state index is 14.4. The number of aliphatic carboxylic acids is 1. The normalized spacial score (nSPS) is 17.4. The minimum atomic E-state index is -5.08. The second kappa shape index (κ2) is 14.3. The number of fused-ring (bicyclic) bond motifs is 1. The average molecular weight is 632 g/mol. The van der Waals surface area contributed by atoms with Gasteiger partial charge in [-0.25, -0.2) is 19.2 Å². The molecule has 2 aliphatic heterocycles. The van der Waals surface area contributed by atoms with Crippen LogP contribution in [0.25, 0.3) is 0 Å². The van der Waals surface area contributed by atoms with Crippen molar-refractivity contribution >= 4 is 17.6 Å². The van der Waals surface area contributed by atoms with Crippen LogP contribution in [-0.2, 0) is 24.3 Å². The Hall–Kier alpha value is -4.13. The summed E-state index contributed by atoms with van der Waals surface area (Å²) in [5.41, 5.74) is 3.53. The molecule has 45 heavy (non-hydrogen) atoms. The SMILES string of the molecule is COc1ccc(OC2CCN(c3nc4c(nc3NC3CCC3)CN(Cc3ccccc3)CC4)CC2)c(F)c1.O=C(O)C(F)(F)F. The summed E-state index contributed by atoms with van der Waals surface area (Å²) in [5.74, 6) is -0.500. The Kier molecular flexibility index (Phi) is 10.3. The first-order valence-corrected chi connectivity index (χ1v) is 15.1. The van der Waals surface area contributed by atoms with Gasteiger partial charge in [-0.05, 0) is 37.0 Å². The number of alkyl halides is 3. The summed E-state index contributed by atoms with van der Waals surface area (Å²) < 4.78 is 57.3. The highest BCUT2D eigenvalue weighted by Gasteiger charge is 2.38. The fourth-order valence-corrected chi connectivity index (χ4v) is 5.49. The van der Waals surface area contributed by atoms with Gasteiger partial charge in [0.05, 0.1) is 18.5 Å². The number of ether oxygens (including phenoxy) is 2. The monoisotopic (exact) mass is 631 g/mol. The van der Waals surface area contributed by atoms with Crippen molar-refractivity contribution in [3.8, 4) is 11.5 Å². The van der Waals surface area contributed by atoms with Crippen LogP contribution < -0.4 is 19.7 Å². The van der Waals surface area contributed by atoms with Crippen LogP contribution in [0, 0.1) is 5.82 Å². The number of hydrogen-bond donors (Lipinski definition) is 2. The average Bonchev–Trinajstić information content (AvgIpc) is 3.00. The standard InChI is InChI=1S/C30H36FN5O2.C2HF3O2/c1-37-24-10-11-28(25(31)18-24)38-23-12-16-36(17-13-23)30-29(32-22-8-5-9-22)33-27-20-35(15-14-26(27)34-30)19-21-6-3-2-4-7-21;3-2(4,5)1(6)7/h2-4,6-7,10-11,18,22-23H,5,8-9,12-17,19-20H2,1H3,(H,32,33);(H,6,7). The van der Waals surface area contributed by atoms with Gasteiger partial charge in [-0.15, -0.1) is 0 Å². The molecular formula is C32H37F4N5O4. The second-order valence-corrected chi connectivity index (χ2v) is 11.4. The van der Waals surface area contributed by atoms with E-state index in [9.17, 15) is 17.6 Å². The number of nitrogens with one attached hydrogen (secondary N) is 1. The highest BCUT2D eigenvalue weighted by Crippen LogP contribution is 2.33. The molecule has 2 fully saturated rings. The zero-order chi connectivity index (χ0) is 32.0. The van der Waals surface area contributed by atoms with Gasteiger partial charge in [-0.1, -0.05) is 30.3 Å². The van der Waals surface area contributed by atoms with E-state index in [4.69, 9.17) is 29.3 Å². The molecule has 1 aromatic heterocycles. The number of nitrogens with zero attached hydrogens (tertiary/aromatic N) is 4.